The molecule has 0 aliphatic carbocycles. The molecule has 100 valence electrons. The van der Waals surface area contributed by atoms with Crippen molar-refractivity contribution in [2.24, 2.45) is 0 Å². The maximum Gasteiger partial charge on any atom is 0.290 e. The van der Waals surface area contributed by atoms with E-state index in [0.717, 1.165) is 0 Å². The lowest BCUT2D eigenvalue weighted by molar-refractivity contribution is -0.122. The summed E-state index contributed by atoms with van der Waals surface area (Å²) in [6.07, 6.45) is 0. The van der Waals surface area contributed by atoms with E-state index in [1.165, 1.54) is 0 Å². The number of benzene rings is 2. The van der Waals surface area contributed by atoms with Gasteiger partial charge in [-0.3, -0.25) is 9.52 Å². The summed E-state index contributed by atoms with van der Waals surface area (Å²) < 4.78 is 26.3. The Balaban J connectivity index is 0.000000550. The van der Waals surface area contributed by atoms with Crippen LogP contribution >= 0.6 is 0 Å². The Morgan fingerprint density at radius 2 is 1.32 bits per heavy atom. The standard InChI is InChI=1S/C12H11NO2S.CH2O2/c14-16(15,12-9-5-2-6-10-12)13-11-7-3-1-4-8-11;2-1-3/h1-10,13H;1H,(H,2,3). The van der Waals surface area contributed by atoms with Crippen LogP contribution in [0.4, 0.5) is 5.69 Å². The largest absolute Gasteiger partial charge is 0.483 e. The van der Waals surface area contributed by atoms with Gasteiger partial charge < -0.3 is 5.11 Å². The minimum atomic E-state index is -3.46. The summed E-state index contributed by atoms with van der Waals surface area (Å²) in [4.78, 5) is 8.62. The topological polar surface area (TPSA) is 83.5 Å². The van der Waals surface area contributed by atoms with Crippen molar-refractivity contribution in [3.63, 3.8) is 0 Å². The van der Waals surface area contributed by atoms with E-state index in [2.05, 4.69) is 4.72 Å². The SMILES string of the molecule is O=CO.O=S(=O)(Nc1ccccc1)c1ccccc1. The van der Waals surface area contributed by atoms with E-state index in [4.69, 9.17) is 9.90 Å². The number of carbonyl (C=O) groups is 1. The van der Waals surface area contributed by atoms with E-state index in [0.29, 0.717) is 5.69 Å². The van der Waals surface area contributed by atoms with E-state index < -0.39 is 10.0 Å². The molecule has 0 bridgehead atoms. The highest BCUT2D eigenvalue weighted by atomic mass is 32.2. The third-order valence-electron chi connectivity index (χ3n) is 2.08. The number of para-hydroxylation sites is 1. The Hall–Kier alpha value is -2.34. The van der Waals surface area contributed by atoms with E-state index in [-0.39, 0.29) is 11.4 Å². The number of rotatable bonds is 3. The highest BCUT2D eigenvalue weighted by Gasteiger charge is 2.12. The van der Waals surface area contributed by atoms with Crippen LogP contribution in [0.1, 0.15) is 0 Å². The quantitative estimate of drug-likeness (QED) is 0.844. The van der Waals surface area contributed by atoms with Gasteiger partial charge in [-0.15, -0.1) is 0 Å². The number of hydrogen-bond acceptors (Lipinski definition) is 3. The zero-order valence-electron chi connectivity index (χ0n) is 9.93. The highest BCUT2D eigenvalue weighted by molar-refractivity contribution is 7.92. The van der Waals surface area contributed by atoms with Gasteiger partial charge in [0.1, 0.15) is 0 Å². The molecule has 2 aromatic rings. The summed E-state index contributed by atoms with van der Waals surface area (Å²) >= 11 is 0. The molecule has 2 aromatic carbocycles. The van der Waals surface area contributed by atoms with Crippen molar-refractivity contribution in [3.05, 3.63) is 60.7 Å². The molecule has 0 amide bonds. The van der Waals surface area contributed by atoms with Crippen LogP contribution in [-0.4, -0.2) is 20.0 Å². The predicted octanol–water partition coefficient (Wildman–Crippen LogP) is 2.19. The Labute approximate surface area is 111 Å². The van der Waals surface area contributed by atoms with Crippen LogP contribution in [0.5, 0.6) is 0 Å². The van der Waals surface area contributed by atoms with Gasteiger partial charge >= 0.3 is 0 Å². The number of hydrogen-bond donors (Lipinski definition) is 2. The van der Waals surface area contributed by atoms with Crippen molar-refractivity contribution in [2.45, 2.75) is 4.90 Å². The van der Waals surface area contributed by atoms with E-state index in [9.17, 15) is 8.42 Å². The smallest absolute Gasteiger partial charge is 0.290 e. The average Bonchev–Trinajstić information content (AvgIpc) is 2.41. The molecule has 6 heteroatoms. The first-order valence-corrected chi connectivity index (χ1v) is 6.79. The average molecular weight is 279 g/mol. The molecular formula is C13H13NO4S. The molecular weight excluding hydrogens is 266 g/mol. The number of nitrogens with one attached hydrogen (secondary N) is 1. The zero-order chi connectivity index (χ0) is 14.1. The van der Waals surface area contributed by atoms with Gasteiger partial charge in [-0.1, -0.05) is 36.4 Å². The molecule has 0 aliphatic heterocycles. The van der Waals surface area contributed by atoms with Gasteiger partial charge in [0.2, 0.25) is 0 Å². The van der Waals surface area contributed by atoms with Crippen LogP contribution in [0.2, 0.25) is 0 Å². The van der Waals surface area contributed by atoms with Crippen LogP contribution in [0.3, 0.4) is 0 Å². The minimum Gasteiger partial charge on any atom is -0.483 e. The molecule has 0 aliphatic rings. The second-order valence-electron chi connectivity index (χ2n) is 3.39. The van der Waals surface area contributed by atoms with Gasteiger partial charge in [-0.25, -0.2) is 8.42 Å². The molecule has 0 aromatic heterocycles. The molecule has 2 rings (SSSR count). The predicted molar refractivity (Wildman–Crippen MR) is 72.4 cm³/mol. The Morgan fingerprint density at radius 1 is 0.895 bits per heavy atom. The third kappa shape index (κ3) is 4.81. The van der Waals surface area contributed by atoms with Crippen LogP contribution < -0.4 is 4.72 Å². The first-order valence-electron chi connectivity index (χ1n) is 5.31. The lowest BCUT2D eigenvalue weighted by Gasteiger charge is -2.07. The van der Waals surface area contributed by atoms with Gasteiger partial charge in [0, 0.05) is 5.69 Å². The molecule has 0 saturated carbocycles. The van der Waals surface area contributed by atoms with E-state index in [1.54, 1.807) is 54.6 Å². The number of sulfonamides is 1. The van der Waals surface area contributed by atoms with Gasteiger partial charge in [-0.05, 0) is 24.3 Å². The van der Waals surface area contributed by atoms with Crippen LogP contribution in [0, 0.1) is 0 Å². The summed E-state index contributed by atoms with van der Waals surface area (Å²) in [5.41, 5.74) is 0.561. The van der Waals surface area contributed by atoms with Crippen molar-refractivity contribution in [1.82, 2.24) is 0 Å². The van der Waals surface area contributed by atoms with Crippen molar-refractivity contribution in [3.8, 4) is 0 Å². The number of anilines is 1. The fourth-order valence-electron chi connectivity index (χ4n) is 1.32. The Morgan fingerprint density at radius 3 is 1.79 bits per heavy atom. The lowest BCUT2D eigenvalue weighted by atomic mass is 10.3. The fourth-order valence-corrected chi connectivity index (χ4v) is 2.40. The second-order valence-corrected chi connectivity index (χ2v) is 5.07. The molecule has 2 N–H and O–H groups in total. The van der Waals surface area contributed by atoms with Crippen molar-refractivity contribution < 1.29 is 18.3 Å². The van der Waals surface area contributed by atoms with E-state index >= 15 is 0 Å². The minimum absolute atomic E-state index is 0.250. The van der Waals surface area contributed by atoms with Crippen molar-refractivity contribution >= 4 is 22.2 Å². The summed E-state index contributed by atoms with van der Waals surface area (Å²) in [5, 5.41) is 6.89. The zero-order valence-corrected chi connectivity index (χ0v) is 10.7. The molecule has 19 heavy (non-hydrogen) atoms. The van der Waals surface area contributed by atoms with Gasteiger partial charge in [0.05, 0.1) is 4.90 Å². The van der Waals surface area contributed by atoms with Crippen LogP contribution in [0.25, 0.3) is 0 Å². The monoisotopic (exact) mass is 279 g/mol. The van der Waals surface area contributed by atoms with Crippen LogP contribution in [0.15, 0.2) is 65.6 Å². The molecule has 5 nitrogen and oxygen atoms in total. The molecule has 0 saturated heterocycles. The van der Waals surface area contributed by atoms with Gasteiger partial charge in [0.15, 0.2) is 0 Å². The molecule has 0 heterocycles. The van der Waals surface area contributed by atoms with Crippen molar-refractivity contribution in [1.29, 1.82) is 0 Å². The van der Waals surface area contributed by atoms with Crippen molar-refractivity contribution in [2.75, 3.05) is 4.72 Å². The maximum absolute atomic E-state index is 11.9. The maximum atomic E-state index is 11.9. The summed E-state index contributed by atoms with van der Waals surface area (Å²) in [6.45, 7) is -0.250. The molecule has 0 unspecified atom stereocenters. The molecule has 0 atom stereocenters. The second kappa shape index (κ2) is 7.17. The Kier molecular flexibility index (Phi) is 5.56. The van der Waals surface area contributed by atoms with Gasteiger partial charge in [0.25, 0.3) is 16.5 Å². The molecule has 0 radical (unpaired) electrons. The summed E-state index contributed by atoms with van der Waals surface area (Å²) in [6, 6.07) is 17.1. The Bertz CT molecular complexity index is 597. The fraction of sp³-hybridized carbons (Fsp3) is 0. The third-order valence-corrected chi connectivity index (χ3v) is 3.48. The first kappa shape index (κ1) is 14.7. The van der Waals surface area contributed by atoms with Crippen LogP contribution in [-0.2, 0) is 14.8 Å². The summed E-state index contributed by atoms with van der Waals surface area (Å²) in [5.74, 6) is 0. The van der Waals surface area contributed by atoms with Gasteiger partial charge in [-0.2, -0.15) is 0 Å². The lowest BCUT2D eigenvalue weighted by Crippen LogP contribution is -2.12. The molecule has 0 fully saturated rings. The number of carboxylic acid groups (broad SMARTS) is 1. The molecule has 0 spiro atoms. The summed E-state index contributed by atoms with van der Waals surface area (Å²) in [7, 11) is -3.46. The highest BCUT2D eigenvalue weighted by Crippen LogP contribution is 2.14. The normalized spacial score (nSPS) is 9.89. The first-order chi connectivity index (χ1) is 9.10. The van der Waals surface area contributed by atoms with E-state index in [1.807, 2.05) is 6.07 Å².